The second-order valence-corrected chi connectivity index (χ2v) is 4.52. The number of ether oxygens (including phenoxy) is 1. The van der Waals surface area contributed by atoms with Gasteiger partial charge in [0.25, 0.3) is 0 Å². The van der Waals surface area contributed by atoms with Crippen LogP contribution >= 0.6 is 0 Å². The van der Waals surface area contributed by atoms with E-state index in [1.165, 1.54) is 19.2 Å². The number of nitrogens with zero attached hydrogens (tertiary/aromatic N) is 1. The van der Waals surface area contributed by atoms with Crippen molar-refractivity contribution in [3.8, 4) is 11.8 Å². The van der Waals surface area contributed by atoms with Crippen molar-refractivity contribution in [3.05, 3.63) is 24.0 Å². The summed E-state index contributed by atoms with van der Waals surface area (Å²) in [6.45, 7) is 4.41. The highest BCUT2D eigenvalue weighted by Crippen LogP contribution is 2.26. The van der Waals surface area contributed by atoms with E-state index in [9.17, 15) is 4.39 Å². The van der Waals surface area contributed by atoms with E-state index in [0.29, 0.717) is 18.7 Å². The fraction of sp³-hybridized carbons (Fsp3) is 0.462. The summed E-state index contributed by atoms with van der Waals surface area (Å²) in [6.07, 6.45) is 0.712. The molecule has 0 aliphatic rings. The van der Waals surface area contributed by atoms with Gasteiger partial charge in [0.2, 0.25) is 0 Å². The molecule has 0 unspecified atom stereocenters. The largest absolute Gasteiger partial charge is 0.494 e. The highest BCUT2D eigenvalue weighted by molar-refractivity contribution is 5.56. The van der Waals surface area contributed by atoms with Crippen LogP contribution in [0.3, 0.4) is 0 Å². The summed E-state index contributed by atoms with van der Waals surface area (Å²) in [5.41, 5.74) is 0.378. The van der Waals surface area contributed by atoms with Crippen LogP contribution in [0.1, 0.15) is 20.3 Å². The average Bonchev–Trinajstić information content (AvgIpc) is 2.30. The molecule has 1 aromatic rings. The first-order valence-corrected chi connectivity index (χ1v) is 5.47. The molecule has 0 aromatic heterocycles. The zero-order valence-corrected chi connectivity index (χ0v) is 10.4. The van der Waals surface area contributed by atoms with E-state index in [-0.39, 0.29) is 11.2 Å². The molecule has 0 atom stereocenters. The number of hydrogen-bond donors (Lipinski definition) is 1. The van der Waals surface area contributed by atoms with Crippen molar-refractivity contribution in [2.75, 3.05) is 19.0 Å². The lowest BCUT2D eigenvalue weighted by Gasteiger charge is -2.16. The fourth-order valence-corrected chi connectivity index (χ4v) is 1.38. The third kappa shape index (κ3) is 3.95. The number of benzene rings is 1. The van der Waals surface area contributed by atoms with E-state index >= 15 is 0 Å². The predicted octanol–water partition coefficient (Wildman–Crippen LogP) is 3.19. The molecule has 1 aromatic carbocycles. The Morgan fingerprint density at radius 1 is 1.47 bits per heavy atom. The van der Waals surface area contributed by atoms with Gasteiger partial charge in [0.15, 0.2) is 0 Å². The van der Waals surface area contributed by atoms with Crippen LogP contribution < -0.4 is 10.1 Å². The van der Waals surface area contributed by atoms with Crippen molar-refractivity contribution in [1.29, 1.82) is 5.26 Å². The highest BCUT2D eigenvalue weighted by atomic mass is 19.1. The van der Waals surface area contributed by atoms with Gasteiger partial charge in [0, 0.05) is 12.6 Å². The third-order valence-corrected chi connectivity index (χ3v) is 2.53. The molecule has 0 aliphatic heterocycles. The van der Waals surface area contributed by atoms with Crippen LogP contribution in [-0.2, 0) is 0 Å². The van der Waals surface area contributed by atoms with E-state index < -0.39 is 0 Å². The minimum Gasteiger partial charge on any atom is -0.494 e. The molecule has 1 rings (SSSR count). The summed E-state index contributed by atoms with van der Waals surface area (Å²) in [4.78, 5) is 0. The molecule has 0 saturated carbocycles. The molecule has 0 radical (unpaired) electrons. The second-order valence-electron chi connectivity index (χ2n) is 4.52. The Balaban J connectivity index is 2.61. The van der Waals surface area contributed by atoms with Gasteiger partial charge in [-0.2, -0.15) is 5.26 Å². The van der Waals surface area contributed by atoms with E-state index in [2.05, 4.69) is 11.4 Å². The van der Waals surface area contributed by atoms with Crippen molar-refractivity contribution < 1.29 is 9.13 Å². The molecule has 92 valence electrons. The summed E-state index contributed by atoms with van der Waals surface area (Å²) >= 11 is 0. The first-order valence-electron chi connectivity index (χ1n) is 5.47. The number of nitrogens with one attached hydrogen (secondary N) is 1. The smallest absolute Gasteiger partial charge is 0.144 e. The minimum atomic E-state index is -0.361. The molecule has 0 amide bonds. The van der Waals surface area contributed by atoms with Crippen molar-refractivity contribution >= 4 is 5.69 Å². The van der Waals surface area contributed by atoms with Crippen LogP contribution in [0.25, 0.3) is 0 Å². The van der Waals surface area contributed by atoms with E-state index in [1.54, 1.807) is 6.07 Å². The van der Waals surface area contributed by atoms with Crippen molar-refractivity contribution in [2.24, 2.45) is 5.41 Å². The molecule has 0 aliphatic carbocycles. The Labute approximate surface area is 101 Å². The molecule has 1 N–H and O–H groups in total. The first-order chi connectivity index (χ1) is 7.98. The maximum absolute atomic E-state index is 12.9. The Kier molecular flexibility index (Phi) is 4.33. The summed E-state index contributed by atoms with van der Waals surface area (Å²) < 4.78 is 18.0. The number of anilines is 1. The number of hydrogen-bond acceptors (Lipinski definition) is 3. The Morgan fingerprint density at radius 3 is 2.76 bits per heavy atom. The van der Waals surface area contributed by atoms with E-state index in [0.717, 1.165) is 5.69 Å². The lowest BCUT2D eigenvalue weighted by molar-refractivity contribution is 0.412. The van der Waals surface area contributed by atoms with Crippen molar-refractivity contribution in [3.63, 3.8) is 0 Å². The average molecular weight is 236 g/mol. The predicted molar refractivity (Wildman–Crippen MR) is 65.5 cm³/mol. The Hall–Kier alpha value is -1.76. The standard InChI is InChI=1S/C13H17FN2O/c1-13(2,9-15)6-7-16-11-5-4-10(14)8-12(11)17-3/h4-5,8,16H,6-7H2,1-3H3. The topological polar surface area (TPSA) is 45.0 Å². The molecule has 0 fully saturated rings. The second kappa shape index (κ2) is 5.53. The molecular weight excluding hydrogens is 219 g/mol. The molecule has 17 heavy (non-hydrogen) atoms. The summed E-state index contributed by atoms with van der Waals surface area (Å²) in [5.74, 6) is 0.143. The number of methoxy groups -OCH3 is 1. The molecule has 0 bridgehead atoms. The Bertz CT molecular complexity index is 424. The SMILES string of the molecule is COc1cc(F)ccc1NCCC(C)(C)C#N. The molecule has 0 spiro atoms. The van der Waals surface area contributed by atoms with Crippen molar-refractivity contribution in [2.45, 2.75) is 20.3 Å². The van der Waals surface area contributed by atoms with Gasteiger partial charge in [-0.25, -0.2) is 4.39 Å². The van der Waals surface area contributed by atoms with Gasteiger partial charge in [0.05, 0.1) is 24.3 Å². The maximum atomic E-state index is 12.9. The molecular formula is C13H17FN2O. The maximum Gasteiger partial charge on any atom is 0.144 e. The van der Waals surface area contributed by atoms with Gasteiger partial charge in [0.1, 0.15) is 11.6 Å². The lowest BCUT2D eigenvalue weighted by atomic mass is 9.91. The van der Waals surface area contributed by atoms with Gasteiger partial charge >= 0.3 is 0 Å². The number of halogens is 1. The van der Waals surface area contributed by atoms with Crippen molar-refractivity contribution in [1.82, 2.24) is 0 Å². The van der Waals surface area contributed by atoms with Gasteiger partial charge < -0.3 is 10.1 Å². The lowest BCUT2D eigenvalue weighted by Crippen LogP contribution is -2.14. The zero-order chi connectivity index (χ0) is 12.9. The molecule has 0 heterocycles. The van der Waals surface area contributed by atoms with Gasteiger partial charge in [-0.3, -0.25) is 0 Å². The molecule has 4 heteroatoms. The normalized spacial score (nSPS) is 10.8. The van der Waals surface area contributed by atoms with Crippen LogP contribution in [0.15, 0.2) is 18.2 Å². The third-order valence-electron chi connectivity index (χ3n) is 2.53. The van der Waals surface area contributed by atoms with Crippen LogP contribution in [0.4, 0.5) is 10.1 Å². The van der Waals surface area contributed by atoms with Crippen LogP contribution in [-0.4, -0.2) is 13.7 Å². The van der Waals surface area contributed by atoms with Crippen LogP contribution in [0.2, 0.25) is 0 Å². The molecule has 0 saturated heterocycles. The van der Waals surface area contributed by atoms with Crippen LogP contribution in [0.5, 0.6) is 5.75 Å². The van der Waals surface area contributed by atoms with E-state index in [4.69, 9.17) is 10.00 Å². The van der Waals surface area contributed by atoms with Gasteiger partial charge in [-0.15, -0.1) is 0 Å². The number of nitriles is 1. The van der Waals surface area contributed by atoms with Crippen LogP contribution in [0, 0.1) is 22.6 Å². The summed E-state index contributed by atoms with van der Waals surface area (Å²) in [5, 5.41) is 12.0. The minimum absolute atomic E-state index is 0.329. The summed E-state index contributed by atoms with van der Waals surface area (Å²) in [6, 6.07) is 6.57. The quantitative estimate of drug-likeness (QED) is 0.854. The molecule has 3 nitrogen and oxygen atoms in total. The summed E-state index contributed by atoms with van der Waals surface area (Å²) in [7, 11) is 1.50. The zero-order valence-electron chi connectivity index (χ0n) is 10.4. The fourth-order valence-electron chi connectivity index (χ4n) is 1.38. The first kappa shape index (κ1) is 13.3. The van der Waals surface area contributed by atoms with Gasteiger partial charge in [-0.05, 0) is 32.4 Å². The highest BCUT2D eigenvalue weighted by Gasteiger charge is 2.16. The number of rotatable bonds is 5. The van der Waals surface area contributed by atoms with Gasteiger partial charge in [-0.1, -0.05) is 0 Å². The monoisotopic (exact) mass is 236 g/mol. The Morgan fingerprint density at radius 2 is 2.18 bits per heavy atom. The van der Waals surface area contributed by atoms with E-state index in [1.807, 2.05) is 13.8 Å².